The minimum Gasteiger partial charge on any atom is -0.463 e. The van der Waals surface area contributed by atoms with Crippen molar-refractivity contribution in [2.45, 2.75) is 12.5 Å². The van der Waals surface area contributed by atoms with Crippen molar-refractivity contribution < 1.29 is 14.3 Å². The largest absolute Gasteiger partial charge is 0.463 e. The van der Waals surface area contributed by atoms with Crippen molar-refractivity contribution in [3.05, 3.63) is 66.2 Å². The van der Waals surface area contributed by atoms with Gasteiger partial charge in [-0.05, 0) is 24.1 Å². The monoisotopic (exact) mass is 338 g/mol. The molecule has 0 saturated carbocycles. The van der Waals surface area contributed by atoms with E-state index in [-0.39, 0.29) is 18.1 Å². The molecule has 0 radical (unpaired) electrons. The predicted molar refractivity (Wildman–Crippen MR) is 92.6 cm³/mol. The van der Waals surface area contributed by atoms with Crippen LogP contribution in [0.2, 0.25) is 0 Å². The molecule has 4 N–H and O–H groups in total. The Morgan fingerprint density at radius 2 is 2.04 bits per heavy atom. The lowest BCUT2D eigenvalue weighted by atomic mass is 10.1. The Labute approximate surface area is 144 Å². The van der Waals surface area contributed by atoms with Crippen LogP contribution < -0.4 is 11.1 Å². The second-order valence-corrected chi connectivity index (χ2v) is 5.51. The van der Waals surface area contributed by atoms with Gasteiger partial charge in [0.1, 0.15) is 5.69 Å². The second kappa shape index (κ2) is 7.59. The summed E-state index contributed by atoms with van der Waals surface area (Å²) in [5, 5.41) is 12.3. The van der Waals surface area contributed by atoms with Gasteiger partial charge in [-0.2, -0.15) is 0 Å². The van der Waals surface area contributed by atoms with E-state index in [1.54, 1.807) is 12.1 Å². The van der Waals surface area contributed by atoms with Crippen LogP contribution in [0.25, 0.3) is 11.5 Å². The molecule has 0 fully saturated rings. The van der Waals surface area contributed by atoms with Gasteiger partial charge < -0.3 is 20.6 Å². The van der Waals surface area contributed by atoms with Crippen LogP contribution in [-0.2, 0) is 6.42 Å². The lowest BCUT2D eigenvalue weighted by molar-refractivity contribution is 0.0912. The maximum absolute atomic E-state index is 12.5. The average molecular weight is 338 g/mol. The van der Waals surface area contributed by atoms with E-state index in [0.717, 1.165) is 5.56 Å². The summed E-state index contributed by atoms with van der Waals surface area (Å²) in [5.74, 6) is 0.0159. The maximum Gasteiger partial charge on any atom is 0.274 e. The fraction of sp³-hybridized carbons (Fsp3) is 0.167. The number of nitrogens with zero attached hydrogens (tertiary/aromatic N) is 2. The first kappa shape index (κ1) is 16.7. The molecule has 3 aromatic rings. The van der Waals surface area contributed by atoms with Crippen molar-refractivity contribution in [1.82, 2.24) is 15.3 Å². The summed E-state index contributed by atoms with van der Waals surface area (Å²) in [6.07, 6.45) is 3.45. The molecule has 0 unspecified atom stereocenters. The van der Waals surface area contributed by atoms with Gasteiger partial charge in [-0.15, -0.1) is 0 Å². The quantitative estimate of drug-likeness (QED) is 0.630. The molecule has 0 bridgehead atoms. The summed E-state index contributed by atoms with van der Waals surface area (Å²) < 4.78 is 5.26. The van der Waals surface area contributed by atoms with Crippen molar-refractivity contribution >= 4 is 11.7 Å². The van der Waals surface area contributed by atoms with Gasteiger partial charge in [0.25, 0.3) is 5.91 Å². The zero-order chi connectivity index (χ0) is 17.6. The van der Waals surface area contributed by atoms with E-state index in [4.69, 9.17) is 10.2 Å². The number of benzene rings is 1. The lowest BCUT2D eigenvalue weighted by Crippen LogP contribution is -2.39. The highest BCUT2D eigenvalue weighted by Gasteiger charge is 2.19. The van der Waals surface area contributed by atoms with Crippen molar-refractivity contribution in [2.24, 2.45) is 0 Å². The van der Waals surface area contributed by atoms with E-state index in [0.29, 0.717) is 17.9 Å². The summed E-state index contributed by atoms with van der Waals surface area (Å²) in [7, 11) is 0. The third-order valence-electron chi connectivity index (χ3n) is 3.67. The zero-order valence-electron chi connectivity index (χ0n) is 13.4. The molecule has 0 aliphatic heterocycles. The Kier molecular flexibility index (Phi) is 5.06. The number of nitrogens with two attached hydrogens (primary N) is 1. The van der Waals surface area contributed by atoms with Crippen LogP contribution in [0.1, 0.15) is 16.1 Å². The van der Waals surface area contributed by atoms with Crippen LogP contribution in [0.3, 0.4) is 0 Å². The van der Waals surface area contributed by atoms with Gasteiger partial charge in [0.15, 0.2) is 17.3 Å². The number of amides is 1. The Bertz CT molecular complexity index is 835. The molecule has 0 spiro atoms. The number of nitrogen functional groups attached to an aromatic ring is 1. The molecule has 3 rings (SSSR count). The number of aliphatic hydroxyl groups excluding tert-OH is 1. The minimum absolute atomic E-state index is 0.000381. The van der Waals surface area contributed by atoms with Gasteiger partial charge >= 0.3 is 0 Å². The third kappa shape index (κ3) is 4.02. The Morgan fingerprint density at radius 1 is 1.24 bits per heavy atom. The fourth-order valence-corrected chi connectivity index (χ4v) is 2.42. The molecular weight excluding hydrogens is 320 g/mol. The Balaban J connectivity index is 1.76. The highest BCUT2D eigenvalue weighted by molar-refractivity contribution is 5.96. The van der Waals surface area contributed by atoms with Crippen LogP contribution in [0.5, 0.6) is 0 Å². The standard InChI is InChI=1S/C18H18N4O3/c19-17-16(22-14(10-20-17)15-7-4-8-25-15)18(24)21-13(11-23)9-12-5-2-1-3-6-12/h1-8,10,13,23H,9,11H2,(H2,19,20)(H,21,24)/t13-/m1/s1. The zero-order valence-corrected chi connectivity index (χ0v) is 13.4. The molecule has 1 atom stereocenters. The van der Waals surface area contributed by atoms with Crippen molar-refractivity contribution in [3.8, 4) is 11.5 Å². The van der Waals surface area contributed by atoms with E-state index in [2.05, 4.69) is 15.3 Å². The smallest absolute Gasteiger partial charge is 0.274 e. The molecule has 2 heterocycles. The van der Waals surface area contributed by atoms with Gasteiger partial charge in [0.2, 0.25) is 0 Å². The first-order valence-electron chi connectivity index (χ1n) is 7.79. The number of carbonyl (C=O) groups is 1. The molecule has 0 saturated heterocycles. The average Bonchev–Trinajstić information content (AvgIpc) is 3.17. The molecule has 7 heteroatoms. The molecule has 128 valence electrons. The van der Waals surface area contributed by atoms with E-state index in [1.165, 1.54) is 12.5 Å². The highest BCUT2D eigenvalue weighted by atomic mass is 16.3. The van der Waals surface area contributed by atoms with Crippen molar-refractivity contribution in [1.29, 1.82) is 0 Å². The Morgan fingerprint density at radius 3 is 2.72 bits per heavy atom. The number of aliphatic hydroxyl groups is 1. The van der Waals surface area contributed by atoms with Crippen LogP contribution in [0.15, 0.2) is 59.3 Å². The molecule has 1 aromatic carbocycles. The molecule has 2 aromatic heterocycles. The SMILES string of the molecule is Nc1ncc(-c2ccco2)nc1C(=O)N[C@@H](CO)Cc1ccccc1. The highest BCUT2D eigenvalue weighted by Crippen LogP contribution is 2.18. The van der Waals surface area contributed by atoms with Crippen LogP contribution >= 0.6 is 0 Å². The van der Waals surface area contributed by atoms with Crippen LogP contribution in [0, 0.1) is 0 Å². The topological polar surface area (TPSA) is 114 Å². The van der Waals surface area contributed by atoms with Gasteiger partial charge in [-0.25, -0.2) is 9.97 Å². The maximum atomic E-state index is 12.5. The fourth-order valence-electron chi connectivity index (χ4n) is 2.42. The summed E-state index contributed by atoms with van der Waals surface area (Å²) in [6.45, 7) is -0.203. The minimum atomic E-state index is -0.492. The third-order valence-corrected chi connectivity index (χ3v) is 3.67. The lowest BCUT2D eigenvalue weighted by Gasteiger charge is -2.16. The van der Waals surface area contributed by atoms with Crippen LogP contribution in [-0.4, -0.2) is 33.6 Å². The predicted octanol–water partition coefficient (Wildman–Crippen LogP) is 1.65. The van der Waals surface area contributed by atoms with E-state index in [1.807, 2.05) is 30.3 Å². The number of hydrogen-bond acceptors (Lipinski definition) is 6. The normalized spacial score (nSPS) is 11.9. The summed E-state index contributed by atoms with van der Waals surface area (Å²) in [5.41, 5.74) is 7.20. The van der Waals surface area contributed by atoms with Gasteiger partial charge in [0, 0.05) is 0 Å². The summed E-state index contributed by atoms with van der Waals surface area (Å²) in [4.78, 5) is 20.8. The number of hydrogen-bond donors (Lipinski definition) is 3. The number of furan rings is 1. The summed E-state index contributed by atoms with van der Waals surface area (Å²) in [6, 6.07) is 12.6. The van der Waals surface area contributed by atoms with Gasteiger partial charge in [0.05, 0.1) is 25.1 Å². The summed E-state index contributed by atoms with van der Waals surface area (Å²) >= 11 is 0. The number of aromatic nitrogens is 2. The number of anilines is 1. The first-order chi connectivity index (χ1) is 12.2. The molecule has 25 heavy (non-hydrogen) atoms. The van der Waals surface area contributed by atoms with Crippen molar-refractivity contribution in [3.63, 3.8) is 0 Å². The van der Waals surface area contributed by atoms with Crippen molar-refractivity contribution in [2.75, 3.05) is 12.3 Å². The number of nitrogens with one attached hydrogen (secondary N) is 1. The molecule has 0 aliphatic carbocycles. The van der Waals surface area contributed by atoms with Crippen LogP contribution in [0.4, 0.5) is 5.82 Å². The van der Waals surface area contributed by atoms with E-state index >= 15 is 0 Å². The second-order valence-electron chi connectivity index (χ2n) is 5.51. The number of carbonyl (C=O) groups excluding carboxylic acids is 1. The van der Waals surface area contributed by atoms with E-state index in [9.17, 15) is 9.90 Å². The molecule has 1 amide bonds. The van der Waals surface area contributed by atoms with Gasteiger partial charge in [-0.3, -0.25) is 4.79 Å². The molecule has 0 aliphatic rings. The molecular formula is C18H18N4O3. The Hall–Kier alpha value is -3.19. The first-order valence-corrected chi connectivity index (χ1v) is 7.79. The van der Waals surface area contributed by atoms with Gasteiger partial charge in [-0.1, -0.05) is 30.3 Å². The molecule has 7 nitrogen and oxygen atoms in total. The number of rotatable bonds is 6. The van der Waals surface area contributed by atoms with E-state index < -0.39 is 11.9 Å².